The molecule has 19 heteroatoms. The van der Waals surface area contributed by atoms with Crippen molar-refractivity contribution in [1.82, 2.24) is 15.3 Å². The number of hydrogen-bond acceptors (Lipinski definition) is 15. The summed E-state index contributed by atoms with van der Waals surface area (Å²) in [6.45, 7) is 14.7. The number of aromatic amines is 2. The van der Waals surface area contributed by atoms with Crippen LogP contribution in [0, 0.1) is 40.4 Å². The SMILES string of the molecule is CC[C@@H]1C[C@]2(C)C=C(C(=O)O)[C@H](C)C[C@]23NC(=O)C(=C(O)[C@@]2(C)[C@H](C=C[C@@H]4[C@@H](O[C@H]5CC[C@@H](O[C@@H]6C[C@](C)(O)[C@H](O[C@H]7C[C@@H](OC(=O)c8cc9c([nH]8)[nH]c8ccccc89)[C@@H](N)[C@@H](C)O7)[C@H](C)O6)[C@@H](C)O5)CCC[C@@H]42)C[C@@H]1O)C3=O. The topological polar surface area (TPSA) is 283 Å². The summed E-state index contributed by atoms with van der Waals surface area (Å²) in [4.78, 5) is 61.9. The van der Waals surface area contributed by atoms with Crippen LogP contribution in [0.15, 0.2) is 65.5 Å². The van der Waals surface area contributed by atoms with Crippen molar-refractivity contribution in [3.63, 3.8) is 0 Å². The molecule has 2 bridgehead atoms. The van der Waals surface area contributed by atoms with Gasteiger partial charge in [0.2, 0.25) is 0 Å². The van der Waals surface area contributed by atoms with Gasteiger partial charge in [-0.3, -0.25) is 9.59 Å². The third kappa shape index (κ3) is 9.59. The molecule has 6 heterocycles. The number of aliphatic hydroxyl groups is 3. The Kier molecular flexibility index (Phi) is 14.7. The van der Waals surface area contributed by atoms with Crippen LogP contribution in [-0.2, 0) is 47.5 Å². The van der Waals surface area contributed by atoms with Crippen LogP contribution in [-0.4, -0.2) is 139 Å². The van der Waals surface area contributed by atoms with Gasteiger partial charge in [0.25, 0.3) is 5.91 Å². The summed E-state index contributed by atoms with van der Waals surface area (Å²) in [6, 6.07) is 8.98. The molecule has 21 atom stereocenters. The standard InChI is InChI=1S/C60H80N4O15/c1-9-32-25-57(6)26-37(55(69)70)28(2)24-60(57)51(67)48(54(68)64-60)50(66)59(8)33(21-41(32)65)17-18-35-38(59)14-12-16-43(35)77-45-20-19-42(29(3)73-45)76-47-27-58(7,72)52(31(5)75-47)79-46-23-44(49(61)30(4)74-46)78-56(71)40-22-36-34-13-10-11-15-39(34)62-53(36)63-40/h10-11,13,15,17-18,22,26,28-33,35,38,41-47,49,52,62-63,65-66,72H,9,12,14,16,19-21,23-25,27,61H2,1-8H3,(H,64,68)(H,69,70)/t28-,29-,30-,31+,32-,33-,35+,38+,41+,42-,43+,44-,45+,46+,47-,49+,52-,57-,58+,59+,60-/m1/s1. The molecule has 5 fully saturated rings. The second-order valence-corrected chi connectivity index (χ2v) is 25.2. The molecule has 11 rings (SSSR count). The van der Waals surface area contributed by atoms with Crippen molar-refractivity contribution < 1.29 is 72.8 Å². The van der Waals surface area contributed by atoms with Crippen molar-refractivity contribution in [3.8, 4) is 0 Å². The molecule has 0 radical (unpaired) electrons. The first kappa shape index (κ1) is 55.9. The van der Waals surface area contributed by atoms with Gasteiger partial charge in [0.15, 0.2) is 24.7 Å². The van der Waals surface area contributed by atoms with Crippen molar-refractivity contribution in [2.24, 2.45) is 46.2 Å². The number of carboxylic acid groups (broad SMARTS) is 1. The highest BCUT2D eigenvalue weighted by atomic mass is 16.7. The Hall–Kier alpha value is -4.96. The van der Waals surface area contributed by atoms with Gasteiger partial charge in [0.05, 0.1) is 48.3 Å². The van der Waals surface area contributed by atoms with E-state index in [4.69, 9.17) is 38.9 Å². The van der Waals surface area contributed by atoms with E-state index in [2.05, 4.69) is 21.4 Å². The first-order chi connectivity index (χ1) is 37.4. The summed E-state index contributed by atoms with van der Waals surface area (Å²) in [5.74, 6) is -4.93. The van der Waals surface area contributed by atoms with Gasteiger partial charge in [-0.15, -0.1) is 0 Å². The van der Waals surface area contributed by atoms with Crippen LogP contribution in [0.3, 0.4) is 0 Å². The third-order valence-electron chi connectivity index (χ3n) is 20.1. The predicted octanol–water partition coefficient (Wildman–Crippen LogP) is 7.30. The van der Waals surface area contributed by atoms with Crippen LogP contribution in [0.2, 0.25) is 0 Å². The van der Waals surface area contributed by atoms with E-state index in [0.717, 1.165) is 22.7 Å². The van der Waals surface area contributed by atoms with E-state index in [-0.39, 0.29) is 72.9 Å². The Balaban J connectivity index is 0.729. The number of nitrogens with one attached hydrogen (secondary N) is 3. The number of Topliss-reactive ketones (excluding diaryl/α,β-unsaturated/α-hetero) is 1. The molecule has 430 valence electrons. The highest BCUT2D eigenvalue weighted by Gasteiger charge is 2.66. The molecule has 4 saturated heterocycles. The predicted molar refractivity (Wildman–Crippen MR) is 288 cm³/mol. The molecule has 2 aromatic heterocycles. The number of para-hydroxylation sites is 1. The molecule has 19 nitrogen and oxygen atoms in total. The summed E-state index contributed by atoms with van der Waals surface area (Å²) in [5, 5.41) is 52.0. The number of aliphatic carboxylic acids is 1. The van der Waals surface area contributed by atoms with Crippen molar-refractivity contribution in [3.05, 3.63) is 71.2 Å². The molecular weight excluding hydrogens is 1020 g/mol. The average Bonchev–Trinajstić information content (AvgIpc) is 4.21. The van der Waals surface area contributed by atoms with E-state index < -0.39 is 125 Å². The average molecular weight is 1100 g/mol. The normalized spacial score (nSPS) is 43.6. The number of amides is 1. The Morgan fingerprint density at radius 3 is 2.29 bits per heavy atom. The number of allylic oxidation sites excluding steroid dienone is 2. The van der Waals surface area contributed by atoms with Gasteiger partial charge in [-0.2, -0.15) is 0 Å². The Morgan fingerprint density at radius 1 is 0.823 bits per heavy atom. The number of ether oxygens (including phenoxy) is 7. The number of hydrogen-bond donors (Lipinski definition) is 8. The third-order valence-corrected chi connectivity index (χ3v) is 20.1. The largest absolute Gasteiger partial charge is 0.511 e. The number of aromatic nitrogens is 2. The lowest BCUT2D eigenvalue weighted by Gasteiger charge is -2.53. The Bertz CT molecular complexity index is 2960. The maximum atomic E-state index is 15.1. The van der Waals surface area contributed by atoms with Crippen molar-refractivity contribution >= 4 is 45.6 Å². The van der Waals surface area contributed by atoms with Crippen LogP contribution >= 0.6 is 0 Å². The molecule has 4 aliphatic carbocycles. The quantitative estimate of drug-likeness (QED) is 0.0562. The van der Waals surface area contributed by atoms with Gasteiger partial charge < -0.3 is 74.6 Å². The van der Waals surface area contributed by atoms with Crippen LogP contribution in [0.5, 0.6) is 0 Å². The van der Waals surface area contributed by atoms with E-state index in [1.165, 1.54) is 0 Å². The van der Waals surface area contributed by atoms with Gasteiger partial charge in [0, 0.05) is 57.9 Å². The van der Waals surface area contributed by atoms with Crippen LogP contribution < -0.4 is 11.1 Å². The number of H-pyrrole nitrogens is 2. The first-order valence-electron chi connectivity index (χ1n) is 28.8. The van der Waals surface area contributed by atoms with Crippen LogP contribution in [0.4, 0.5) is 0 Å². The Labute approximate surface area is 460 Å². The lowest BCUT2D eigenvalue weighted by molar-refractivity contribution is -0.339. The number of carbonyl (C=O) groups is 4. The fraction of sp³-hybridized carbons (Fsp3) is 0.667. The zero-order chi connectivity index (χ0) is 56.2. The molecule has 9 N–H and O–H groups in total. The number of benzene rings is 1. The monoisotopic (exact) mass is 1100 g/mol. The summed E-state index contributed by atoms with van der Waals surface area (Å²) >= 11 is 0. The first-order valence-corrected chi connectivity index (χ1v) is 28.8. The number of carbonyl (C=O) groups excluding carboxylic acids is 3. The summed E-state index contributed by atoms with van der Waals surface area (Å²) < 4.78 is 45.0. The molecule has 4 aliphatic heterocycles. The van der Waals surface area contributed by atoms with Crippen molar-refractivity contribution in [2.45, 2.75) is 211 Å². The molecule has 1 spiro atoms. The number of nitrogens with two attached hydrogens (primary N) is 1. The Morgan fingerprint density at radius 2 is 1.56 bits per heavy atom. The zero-order valence-corrected chi connectivity index (χ0v) is 46.6. The second kappa shape index (κ2) is 20.8. The molecule has 8 aliphatic rings. The van der Waals surface area contributed by atoms with E-state index in [0.29, 0.717) is 43.4 Å². The molecule has 1 saturated carbocycles. The summed E-state index contributed by atoms with van der Waals surface area (Å²) in [6.07, 6.45) is 3.43. The van der Waals surface area contributed by atoms with E-state index >= 15 is 4.79 Å². The van der Waals surface area contributed by atoms with Crippen molar-refractivity contribution in [1.29, 1.82) is 0 Å². The fourth-order valence-corrected chi connectivity index (χ4v) is 15.5. The maximum absolute atomic E-state index is 15.1. The van der Waals surface area contributed by atoms with Gasteiger partial charge in [-0.25, -0.2) is 9.59 Å². The number of carboxylic acids is 1. The van der Waals surface area contributed by atoms with Crippen molar-refractivity contribution in [2.75, 3.05) is 0 Å². The number of esters is 1. The molecular formula is C60H80N4O15. The number of aliphatic hydroxyl groups excluding tert-OH is 2. The smallest absolute Gasteiger partial charge is 0.355 e. The lowest BCUT2D eigenvalue weighted by atomic mass is 9.53. The molecule has 1 aromatic carbocycles. The van der Waals surface area contributed by atoms with Gasteiger partial charge in [-0.05, 0) is 102 Å². The summed E-state index contributed by atoms with van der Waals surface area (Å²) in [5.41, 5.74) is 3.17. The van der Waals surface area contributed by atoms with E-state index in [1.807, 2.05) is 58.0 Å². The minimum Gasteiger partial charge on any atom is -0.511 e. The minimum atomic E-state index is -1.51. The number of rotatable bonds is 10. The van der Waals surface area contributed by atoms with Crippen LogP contribution in [0.25, 0.3) is 21.9 Å². The number of ketones is 1. The van der Waals surface area contributed by atoms with Gasteiger partial charge >= 0.3 is 11.9 Å². The minimum absolute atomic E-state index is 0.0497. The van der Waals surface area contributed by atoms with Crippen LogP contribution in [0.1, 0.15) is 137 Å². The fourth-order valence-electron chi connectivity index (χ4n) is 15.5. The highest BCUT2D eigenvalue weighted by molar-refractivity contribution is 6.29. The molecule has 79 heavy (non-hydrogen) atoms. The van der Waals surface area contributed by atoms with Gasteiger partial charge in [-0.1, -0.05) is 77.0 Å². The summed E-state index contributed by atoms with van der Waals surface area (Å²) in [7, 11) is 0. The number of fused-ring (bicyclic) bond motifs is 7. The highest BCUT2D eigenvalue weighted by Crippen LogP contribution is 2.60. The van der Waals surface area contributed by atoms with E-state index in [9.17, 15) is 34.8 Å². The van der Waals surface area contributed by atoms with Gasteiger partial charge in [0.1, 0.15) is 40.4 Å². The lowest BCUT2D eigenvalue weighted by Crippen LogP contribution is -2.61. The van der Waals surface area contributed by atoms with E-state index in [1.54, 1.807) is 39.8 Å². The molecule has 0 unspecified atom stereocenters. The molecule has 3 aromatic rings. The molecule has 1 amide bonds. The second-order valence-electron chi connectivity index (χ2n) is 25.2. The zero-order valence-electron chi connectivity index (χ0n) is 46.6. The maximum Gasteiger partial charge on any atom is 0.355 e.